The molecule has 1 atom stereocenters. The van der Waals surface area contributed by atoms with Gasteiger partial charge in [-0.2, -0.15) is 0 Å². The van der Waals surface area contributed by atoms with Crippen molar-refractivity contribution >= 4 is 22.2 Å². The molecule has 0 amide bonds. The van der Waals surface area contributed by atoms with Crippen LogP contribution in [0.2, 0.25) is 0 Å². The summed E-state index contributed by atoms with van der Waals surface area (Å²) in [5.74, 6) is 0.663. The fraction of sp³-hybridized carbons (Fsp3) is 0.533. The predicted molar refractivity (Wildman–Crippen MR) is 79.9 cm³/mol. The van der Waals surface area contributed by atoms with E-state index in [0.29, 0.717) is 24.0 Å². The summed E-state index contributed by atoms with van der Waals surface area (Å²) in [5, 5.41) is 0. The lowest BCUT2D eigenvalue weighted by Crippen LogP contribution is -2.37. The van der Waals surface area contributed by atoms with Crippen LogP contribution in [-0.4, -0.2) is 37.4 Å². The molecule has 0 aliphatic carbocycles. The Kier molecular flexibility index (Phi) is 5.40. The molecule has 1 aromatic carbocycles. The Morgan fingerprint density at radius 1 is 1.47 bits per heavy atom. The summed E-state index contributed by atoms with van der Waals surface area (Å²) in [7, 11) is 2.18. The van der Waals surface area contributed by atoms with Gasteiger partial charge in [-0.1, -0.05) is 12.5 Å². The van der Waals surface area contributed by atoms with E-state index in [1.54, 1.807) is 6.07 Å². The van der Waals surface area contributed by atoms with Crippen molar-refractivity contribution in [1.29, 1.82) is 0 Å². The maximum Gasteiger partial charge on any atom is 0.153 e. The Hall–Kier alpha value is -0.870. The van der Waals surface area contributed by atoms with Crippen LogP contribution in [-0.2, 0) is 0 Å². The van der Waals surface area contributed by atoms with Gasteiger partial charge in [-0.3, -0.25) is 4.79 Å². The summed E-state index contributed by atoms with van der Waals surface area (Å²) in [5.41, 5.74) is 0.603. The molecule has 1 aliphatic heterocycles. The molecule has 0 aromatic heterocycles. The molecule has 19 heavy (non-hydrogen) atoms. The number of likely N-dealkylation sites (tertiary alicyclic amines) is 1. The zero-order valence-electron chi connectivity index (χ0n) is 11.3. The number of ether oxygens (including phenoxy) is 1. The molecule has 3 nitrogen and oxygen atoms in total. The van der Waals surface area contributed by atoms with Crippen molar-refractivity contribution in [3.8, 4) is 5.75 Å². The molecule has 104 valence electrons. The fourth-order valence-corrected chi connectivity index (χ4v) is 3.07. The quantitative estimate of drug-likeness (QED) is 0.776. The Morgan fingerprint density at radius 3 is 3.05 bits per heavy atom. The normalized spacial score (nSPS) is 20.2. The zero-order valence-corrected chi connectivity index (χ0v) is 12.9. The van der Waals surface area contributed by atoms with Crippen LogP contribution in [0.1, 0.15) is 36.0 Å². The average molecular weight is 326 g/mol. The highest BCUT2D eigenvalue weighted by Gasteiger charge is 2.18. The van der Waals surface area contributed by atoms with Crippen molar-refractivity contribution in [3.05, 3.63) is 28.2 Å². The van der Waals surface area contributed by atoms with Crippen LogP contribution >= 0.6 is 15.9 Å². The lowest BCUT2D eigenvalue weighted by atomic mass is 10.0. The van der Waals surface area contributed by atoms with Crippen molar-refractivity contribution in [2.45, 2.75) is 31.7 Å². The second kappa shape index (κ2) is 7.06. The highest BCUT2D eigenvalue weighted by Crippen LogP contribution is 2.28. The zero-order chi connectivity index (χ0) is 13.7. The Morgan fingerprint density at radius 2 is 2.32 bits per heavy atom. The van der Waals surface area contributed by atoms with Gasteiger partial charge in [-0.15, -0.1) is 0 Å². The van der Waals surface area contributed by atoms with Gasteiger partial charge in [0.2, 0.25) is 0 Å². The molecule has 1 aliphatic rings. The SMILES string of the molecule is CN1CCCCC1CCOc1c(Br)cccc1C=O. The smallest absolute Gasteiger partial charge is 0.153 e. The van der Waals surface area contributed by atoms with Crippen molar-refractivity contribution < 1.29 is 9.53 Å². The second-order valence-electron chi connectivity index (χ2n) is 5.04. The van der Waals surface area contributed by atoms with Crippen LogP contribution in [0, 0.1) is 0 Å². The number of piperidine rings is 1. The molecule has 1 saturated heterocycles. The summed E-state index contributed by atoms with van der Waals surface area (Å²) in [6.45, 7) is 1.83. The van der Waals surface area contributed by atoms with E-state index in [-0.39, 0.29) is 0 Å². The molecular weight excluding hydrogens is 306 g/mol. The first kappa shape index (κ1) is 14.5. The number of hydrogen-bond donors (Lipinski definition) is 0. The number of aldehydes is 1. The summed E-state index contributed by atoms with van der Waals surface area (Å²) in [6, 6.07) is 6.13. The maximum absolute atomic E-state index is 11.0. The third kappa shape index (κ3) is 3.80. The average Bonchev–Trinajstić information content (AvgIpc) is 2.42. The number of halogens is 1. The molecule has 1 fully saturated rings. The molecule has 1 unspecified atom stereocenters. The van der Waals surface area contributed by atoms with Crippen LogP contribution in [0.25, 0.3) is 0 Å². The third-order valence-electron chi connectivity index (χ3n) is 3.74. The van der Waals surface area contributed by atoms with Gasteiger partial charge in [0.25, 0.3) is 0 Å². The van der Waals surface area contributed by atoms with Gasteiger partial charge in [0.1, 0.15) is 5.75 Å². The summed E-state index contributed by atoms with van der Waals surface area (Å²) in [6.07, 6.45) is 5.70. The molecular formula is C15H20BrNO2. The minimum atomic E-state index is 0.603. The van der Waals surface area contributed by atoms with Gasteiger partial charge in [-0.05, 0) is 60.9 Å². The van der Waals surface area contributed by atoms with Gasteiger partial charge in [0, 0.05) is 6.04 Å². The lowest BCUT2D eigenvalue weighted by Gasteiger charge is -2.32. The number of benzene rings is 1. The third-order valence-corrected chi connectivity index (χ3v) is 4.37. The minimum Gasteiger partial charge on any atom is -0.492 e. The number of para-hydroxylation sites is 1. The van der Waals surface area contributed by atoms with E-state index in [9.17, 15) is 4.79 Å². The molecule has 2 rings (SSSR count). The highest BCUT2D eigenvalue weighted by molar-refractivity contribution is 9.10. The molecule has 4 heteroatoms. The molecule has 0 N–H and O–H groups in total. The first-order valence-corrected chi connectivity index (χ1v) is 7.58. The molecule has 1 aromatic rings. The van der Waals surface area contributed by atoms with E-state index in [1.807, 2.05) is 12.1 Å². The molecule has 0 radical (unpaired) electrons. The Balaban J connectivity index is 1.90. The van der Waals surface area contributed by atoms with E-state index in [1.165, 1.54) is 25.8 Å². The second-order valence-corrected chi connectivity index (χ2v) is 5.90. The van der Waals surface area contributed by atoms with E-state index >= 15 is 0 Å². The number of hydrogen-bond acceptors (Lipinski definition) is 3. The van der Waals surface area contributed by atoms with Gasteiger partial charge in [0.15, 0.2) is 6.29 Å². The maximum atomic E-state index is 11.0. The van der Waals surface area contributed by atoms with Crippen LogP contribution in [0.5, 0.6) is 5.75 Å². The number of carbonyl (C=O) groups is 1. The molecule has 0 saturated carbocycles. The number of nitrogens with zero attached hydrogens (tertiary/aromatic N) is 1. The summed E-state index contributed by atoms with van der Waals surface area (Å²) in [4.78, 5) is 13.4. The first-order valence-electron chi connectivity index (χ1n) is 6.79. The number of carbonyl (C=O) groups excluding carboxylic acids is 1. The van der Waals surface area contributed by atoms with Gasteiger partial charge in [-0.25, -0.2) is 0 Å². The highest BCUT2D eigenvalue weighted by atomic mass is 79.9. The molecule has 1 heterocycles. The first-order chi connectivity index (χ1) is 9.22. The van der Waals surface area contributed by atoms with Crippen molar-refractivity contribution in [3.63, 3.8) is 0 Å². The monoisotopic (exact) mass is 325 g/mol. The standard InChI is InChI=1S/C15H20BrNO2/c1-17-9-3-2-6-13(17)8-10-19-15-12(11-18)5-4-7-14(15)16/h4-5,7,11,13H,2-3,6,8-10H2,1H3. The number of rotatable bonds is 5. The molecule has 0 bridgehead atoms. The fourth-order valence-electron chi connectivity index (χ4n) is 2.58. The van der Waals surface area contributed by atoms with Crippen molar-refractivity contribution in [2.24, 2.45) is 0 Å². The van der Waals surface area contributed by atoms with Crippen LogP contribution in [0.15, 0.2) is 22.7 Å². The minimum absolute atomic E-state index is 0.603. The van der Waals surface area contributed by atoms with Crippen molar-refractivity contribution in [1.82, 2.24) is 4.90 Å². The van der Waals surface area contributed by atoms with Crippen LogP contribution in [0.3, 0.4) is 0 Å². The van der Waals surface area contributed by atoms with Crippen molar-refractivity contribution in [2.75, 3.05) is 20.2 Å². The van der Waals surface area contributed by atoms with Crippen LogP contribution in [0.4, 0.5) is 0 Å². The van der Waals surface area contributed by atoms with Gasteiger partial charge >= 0.3 is 0 Å². The topological polar surface area (TPSA) is 29.5 Å². The Bertz CT molecular complexity index is 436. The largest absolute Gasteiger partial charge is 0.492 e. The Labute approximate surface area is 123 Å². The molecule has 0 spiro atoms. The van der Waals surface area contributed by atoms with Crippen LogP contribution < -0.4 is 4.74 Å². The van der Waals surface area contributed by atoms with E-state index in [2.05, 4.69) is 27.9 Å². The predicted octanol–water partition coefficient (Wildman–Crippen LogP) is 3.51. The van der Waals surface area contributed by atoms with E-state index in [0.717, 1.165) is 17.2 Å². The summed E-state index contributed by atoms with van der Waals surface area (Å²) >= 11 is 3.43. The van der Waals surface area contributed by atoms with E-state index < -0.39 is 0 Å². The van der Waals surface area contributed by atoms with E-state index in [4.69, 9.17) is 4.74 Å². The van der Waals surface area contributed by atoms with Gasteiger partial charge < -0.3 is 9.64 Å². The van der Waals surface area contributed by atoms with Gasteiger partial charge in [0.05, 0.1) is 16.6 Å². The summed E-state index contributed by atoms with van der Waals surface area (Å²) < 4.78 is 6.65. The lowest BCUT2D eigenvalue weighted by molar-refractivity contribution is 0.111.